The number of thioether (sulfide) groups is 1. The molecule has 2 unspecified atom stereocenters. The first-order valence-corrected chi connectivity index (χ1v) is 7.67. The van der Waals surface area contributed by atoms with Crippen LogP contribution in [0.1, 0.15) is 23.1 Å². The zero-order chi connectivity index (χ0) is 10.7. The summed E-state index contributed by atoms with van der Waals surface area (Å²) in [7, 11) is 0. The maximum Gasteiger partial charge on any atom is 0.0124 e. The SMILES string of the molecule is CCc1ccc(CC(N)C2CCSC2)s1. The molecule has 2 atom stereocenters. The van der Waals surface area contributed by atoms with Gasteiger partial charge in [0, 0.05) is 15.8 Å². The van der Waals surface area contributed by atoms with Gasteiger partial charge in [-0.1, -0.05) is 6.92 Å². The summed E-state index contributed by atoms with van der Waals surface area (Å²) < 4.78 is 0. The Labute approximate surface area is 100 Å². The summed E-state index contributed by atoms with van der Waals surface area (Å²) in [6.45, 7) is 2.21. The summed E-state index contributed by atoms with van der Waals surface area (Å²) in [5.74, 6) is 3.33. The molecule has 0 aromatic carbocycles. The van der Waals surface area contributed by atoms with E-state index in [2.05, 4.69) is 30.8 Å². The second-order valence-electron chi connectivity index (χ2n) is 4.21. The molecule has 1 aliphatic rings. The molecule has 1 aromatic rings. The molecule has 1 aliphatic heterocycles. The molecular weight excluding hydrogens is 222 g/mol. The fraction of sp³-hybridized carbons (Fsp3) is 0.667. The van der Waals surface area contributed by atoms with Crippen molar-refractivity contribution in [3.05, 3.63) is 21.9 Å². The minimum absolute atomic E-state index is 0.378. The average Bonchev–Trinajstić information content (AvgIpc) is 2.87. The number of hydrogen-bond acceptors (Lipinski definition) is 3. The predicted octanol–water partition coefficient (Wildman–Crippen LogP) is 2.93. The minimum atomic E-state index is 0.378. The molecule has 1 fully saturated rings. The van der Waals surface area contributed by atoms with E-state index < -0.39 is 0 Å². The smallest absolute Gasteiger partial charge is 0.0124 e. The largest absolute Gasteiger partial charge is 0.327 e. The van der Waals surface area contributed by atoms with Gasteiger partial charge in [0.2, 0.25) is 0 Å². The van der Waals surface area contributed by atoms with Crippen molar-refractivity contribution in [3.63, 3.8) is 0 Å². The number of rotatable bonds is 4. The van der Waals surface area contributed by atoms with Gasteiger partial charge in [-0.3, -0.25) is 0 Å². The van der Waals surface area contributed by atoms with E-state index in [0.29, 0.717) is 6.04 Å². The molecule has 1 aromatic heterocycles. The van der Waals surface area contributed by atoms with Gasteiger partial charge in [0.15, 0.2) is 0 Å². The standard InChI is InChI=1S/C12H19NS2/c1-2-10-3-4-11(15-10)7-12(13)9-5-6-14-8-9/h3-4,9,12H,2,5-8,13H2,1H3. The third-order valence-electron chi connectivity index (χ3n) is 3.07. The van der Waals surface area contributed by atoms with E-state index in [4.69, 9.17) is 5.73 Å². The molecule has 2 heterocycles. The van der Waals surface area contributed by atoms with Crippen LogP contribution < -0.4 is 5.73 Å². The third-order valence-corrected chi connectivity index (χ3v) is 5.51. The molecule has 2 N–H and O–H groups in total. The predicted molar refractivity (Wildman–Crippen MR) is 70.8 cm³/mol. The van der Waals surface area contributed by atoms with Gasteiger partial charge < -0.3 is 5.73 Å². The lowest BCUT2D eigenvalue weighted by Gasteiger charge is -2.16. The maximum atomic E-state index is 6.26. The quantitative estimate of drug-likeness (QED) is 0.877. The van der Waals surface area contributed by atoms with Crippen LogP contribution in [-0.4, -0.2) is 17.5 Å². The Balaban J connectivity index is 1.89. The van der Waals surface area contributed by atoms with E-state index in [-0.39, 0.29) is 0 Å². The Morgan fingerprint density at radius 1 is 1.47 bits per heavy atom. The first-order chi connectivity index (χ1) is 7.29. The van der Waals surface area contributed by atoms with Gasteiger partial charge in [0.05, 0.1) is 0 Å². The molecule has 0 radical (unpaired) electrons. The highest BCUT2D eigenvalue weighted by Crippen LogP contribution is 2.28. The second kappa shape index (κ2) is 5.37. The Bertz CT molecular complexity index is 302. The van der Waals surface area contributed by atoms with Gasteiger partial charge >= 0.3 is 0 Å². The topological polar surface area (TPSA) is 26.0 Å². The van der Waals surface area contributed by atoms with Crippen molar-refractivity contribution < 1.29 is 0 Å². The number of nitrogens with two attached hydrogens (primary N) is 1. The Hall–Kier alpha value is 0.01000. The van der Waals surface area contributed by atoms with Crippen molar-refractivity contribution >= 4 is 23.1 Å². The summed E-state index contributed by atoms with van der Waals surface area (Å²) >= 11 is 3.99. The lowest BCUT2D eigenvalue weighted by Crippen LogP contribution is -2.31. The van der Waals surface area contributed by atoms with Crippen LogP contribution in [0.5, 0.6) is 0 Å². The van der Waals surface area contributed by atoms with E-state index in [1.165, 1.54) is 27.7 Å². The van der Waals surface area contributed by atoms with Crippen LogP contribution >= 0.6 is 23.1 Å². The Morgan fingerprint density at radius 3 is 2.87 bits per heavy atom. The minimum Gasteiger partial charge on any atom is -0.327 e. The van der Waals surface area contributed by atoms with Gasteiger partial charge in [-0.15, -0.1) is 11.3 Å². The highest BCUT2D eigenvalue weighted by Gasteiger charge is 2.22. The molecule has 1 nitrogen and oxygen atoms in total. The summed E-state index contributed by atoms with van der Waals surface area (Å²) in [5, 5.41) is 0. The number of thiophene rings is 1. The zero-order valence-corrected chi connectivity index (χ0v) is 10.9. The van der Waals surface area contributed by atoms with Gasteiger partial charge in [-0.2, -0.15) is 11.8 Å². The fourth-order valence-corrected chi connectivity index (χ4v) is 4.39. The summed E-state index contributed by atoms with van der Waals surface area (Å²) in [5.41, 5.74) is 6.26. The summed E-state index contributed by atoms with van der Waals surface area (Å²) in [4.78, 5) is 2.95. The highest BCUT2D eigenvalue weighted by molar-refractivity contribution is 7.99. The van der Waals surface area contributed by atoms with Gasteiger partial charge in [0.1, 0.15) is 0 Å². The van der Waals surface area contributed by atoms with Crippen LogP contribution in [0.3, 0.4) is 0 Å². The first-order valence-electron chi connectivity index (χ1n) is 5.70. The van der Waals surface area contributed by atoms with E-state index in [1.54, 1.807) is 0 Å². The molecule has 2 rings (SSSR count). The van der Waals surface area contributed by atoms with Crippen molar-refractivity contribution in [1.82, 2.24) is 0 Å². The van der Waals surface area contributed by atoms with E-state index in [0.717, 1.165) is 18.8 Å². The van der Waals surface area contributed by atoms with Crippen molar-refractivity contribution in [2.45, 2.75) is 32.2 Å². The molecule has 0 bridgehead atoms. The van der Waals surface area contributed by atoms with Gasteiger partial charge in [-0.05, 0) is 48.8 Å². The molecule has 0 aliphatic carbocycles. The zero-order valence-electron chi connectivity index (χ0n) is 9.24. The van der Waals surface area contributed by atoms with Crippen LogP contribution in [0.25, 0.3) is 0 Å². The number of aryl methyl sites for hydroxylation is 1. The van der Waals surface area contributed by atoms with Crippen molar-refractivity contribution in [2.75, 3.05) is 11.5 Å². The molecule has 3 heteroatoms. The summed E-state index contributed by atoms with van der Waals surface area (Å²) in [6, 6.07) is 4.88. The van der Waals surface area contributed by atoms with E-state index >= 15 is 0 Å². The van der Waals surface area contributed by atoms with Crippen LogP contribution in [0.2, 0.25) is 0 Å². The maximum absolute atomic E-state index is 6.26. The van der Waals surface area contributed by atoms with Crippen LogP contribution in [0.4, 0.5) is 0 Å². The first kappa shape index (κ1) is 11.5. The highest BCUT2D eigenvalue weighted by atomic mass is 32.2. The molecule has 84 valence electrons. The third kappa shape index (κ3) is 2.99. The van der Waals surface area contributed by atoms with Crippen molar-refractivity contribution in [1.29, 1.82) is 0 Å². The van der Waals surface area contributed by atoms with E-state index in [1.807, 2.05) is 11.3 Å². The fourth-order valence-electron chi connectivity index (χ4n) is 2.01. The lowest BCUT2D eigenvalue weighted by molar-refractivity contribution is 0.465. The molecular formula is C12H19NS2. The van der Waals surface area contributed by atoms with Gasteiger partial charge in [-0.25, -0.2) is 0 Å². The normalized spacial score (nSPS) is 23.2. The van der Waals surface area contributed by atoms with Gasteiger partial charge in [0.25, 0.3) is 0 Å². The molecule has 0 amide bonds. The number of hydrogen-bond donors (Lipinski definition) is 1. The van der Waals surface area contributed by atoms with Crippen LogP contribution in [0, 0.1) is 5.92 Å². The molecule has 15 heavy (non-hydrogen) atoms. The van der Waals surface area contributed by atoms with Crippen LogP contribution in [-0.2, 0) is 12.8 Å². The summed E-state index contributed by atoms with van der Waals surface area (Å²) in [6.07, 6.45) is 3.55. The second-order valence-corrected chi connectivity index (χ2v) is 6.62. The lowest BCUT2D eigenvalue weighted by atomic mass is 9.97. The molecule has 0 saturated carbocycles. The van der Waals surface area contributed by atoms with Crippen molar-refractivity contribution in [3.8, 4) is 0 Å². The monoisotopic (exact) mass is 241 g/mol. The average molecular weight is 241 g/mol. The molecule has 0 spiro atoms. The molecule has 1 saturated heterocycles. The Morgan fingerprint density at radius 2 is 2.27 bits per heavy atom. The van der Waals surface area contributed by atoms with Crippen LogP contribution in [0.15, 0.2) is 12.1 Å². The Kier molecular flexibility index (Phi) is 4.12. The van der Waals surface area contributed by atoms with Crippen molar-refractivity contribution in [2.24, 2.45) is 11.7 Å². The van der Waals surface area contributed by atoms with E-state index in [9.17, 15) is 0 Å².